The highest BCUT2D eigenvalue weighted by atomic mass is 32.1. The minimum Gasteiger partial charge on any atom is -0.328 e. The highest BCUT2D eigenvalue weighted by Gasteiger charge is 2.29. The molecule has 3 nitrogen and oxygen atoms in total. The Morgan fingerprint density at radius 1 is 1.39 bits per heavy atom. The summed E-state index contributed by atoms with van der Waals surface area (Å²) in [7, 11) is 0. The van der Waals surface area contributed by atoms with Gasteiger partial charge in [-0.15, -0.1) is 11.3 Å². The highest BCUT2D eigenvalue weighted by Crippen LogP contribution is 2.42. The standard InChI is InChI=1S/C14H23N3S/c1-10(15)11-4-6-17(7-5-11)8-13-14(12-2-3-12)16-9-18-13/h9-12H,2-8,15H2,1H3. The van der Waals surface area contributed by atoms with Crippen LogP contribution in [0.1, 0.15) is 49.1 Å². The Balaban J connectivity index is 1.56. The van der Waals surface area contributed by atoms with Crippen molar-refractivity contribution in [2.45, 2.75) is 51.1 Å². The molecule has 4 heteroatoms. The van der Waals surface area contributed by atoms with Gasteiger partial charge >= 0.3 is 0 Å². The lowest BCUT2D eigenvalue weighted by Crippen LogP contribution is -2.39. The normalized spacial score (nSPS) is 24.3. The number of thiazole rings is 1. The Hall–Kier alpha value is -0.450. The van der Waals surface area contributed by atoms with E-state index in [1.165, 1.54) is 49.3 Å². The van der Waals surface area contributed by atoms with Gasteiger partial charge in [0.2, 0.25) is 0 Å². The molecule has 0 amide bonds. The summed E-state index contributed by atoms with van der Waals surface area (Å²) in [5, 5.41) is 0. The summed E-state index contributed by atoms with van der Waals surface area (Å²) in [6.07, 6.45) is 5.22. The van der Waals surface area contributed by atoms with Gasteiger partial charge in [0.05, 0.1) is 11.2 Å². The van der Waals surface area contributed by atoms with Gasteiger partial charge in [-0.2, -0.15) is 0 Å². The van der Waals surface area contributed by atoms with Crippen molar-refractivity contribution in [3.05, 3.63) is 16.1 Å². The van der Waals surface area contributed by atoms with Crippen molar-refractivity contribution < 1.29 is 0 Å². The van der Waals surface area contributed by atoms with Crippen LogP contribution >= 0.6 is 11.3 Å². The smallest absolute Gasteiger partial charge is 0.0798 e. The van der Waals surface area contributed by atoms with Crippen LogP contribution in [0.2, 0.25) is 0 Å². The van der Waals surface area contributed by atoms with Gasteiger partial charge in [-0.1, -0.05) is 0 Å². The molecule has 2 N–H and O–H groups in total. The van der Waals surface area contributed by atoms with Crippen LogP contribution in [-0.2, 0) is 6.54 Å². The van der Waals surface area contributed by atoms with Crippen LogP contribution < -0.4 is 5.73 Å². The van der Waals surface area contributed by atoms with Crippen molar-refractivity contribution in [1.29, 1.82) is 0 Å². The second kappa shape index (κ2) is 5.27. The number of aromatic nitrogens is 1. The number of hydrogen-bond acceptors (Lipinski definition) is 4. The van der Waals surface area contributed by atoms with Crippen LogP contribution in [0.25, 0.3) is 0 Å². The van der Waals surface area contributed by atoms with Gasteiger partial charge in [-0.05, 0) is 51.6 Å². The van der Waals surface area contributed by atoms with Crippen LogP contribution in [0.15, 0.2) is 5.51 Å². The quantitative estimate of drug-likeness (QED) is 0.910. The Morgan fingerprint density at radius 3 is 2.72 bits per heavy atom. The Bertz CT molecular complexity index is 389. The lowest BCUT2D eigenvalue weighted by molar-refractivity contribution is 0.166. The fourth-order valence-electron chi connectivity index (χ4n) is 2.93. The second-order valence-corrected chi connectivity index (χ2v) is 6.85. The van der Waals surface area contributed by atoms with E-state index in [0.717, 1.165) is 18.4 Å². The molecule has 100 valence electrons. The molecular weight excluding hydrogens is 242 g/mol. The number of piperidine rings is 1. The first-order chi connectivity index (χ1) is 8.74. The second-order valence-electron chi connectivity index (χ2n) is 5.91. The minimum atomic E-state index is 0.359. The number of nitrogens with zero attached hydrogens (tertiary/aromatic N) is 2. The Labute approximate surface area is 113 Å². The van der Waals surface area contributed by atoms with E-state index in [9.17, 15) is 0 Å². The van der Waals surface area contributed by atoms with Crippen molar-refractivity contribution in [2.75, 3.05) is 13.1 Å². The molecule has 1 saturated heterocycles. The minimum absolute atomic E-state index is 0.359. The van der Waals surface area contributed by atoms with Gasteiger partial charge in [0.15, 0.2) is 0 Å². The molecule has 0 spiro atoms. The van der Waals surface area contributed by atoms with E-state index in [-0.39, 0.29) is 0 Å². The van der Waals surface area contributed by atoms with Gasteiger partial charge in [-0.3, -0.25) is 4.90 Å². The largest absolute Gasteiger partial charge is 0.328 e. The first-order valence-electron chi connectivity index (χ1n) is 7.14. The molecule has 1 aromatic rings. The maximum atomic E-state index is 5.99. The molecule has 1 aromatic heterocycles. The zero-order chi connectivity index (χ0) is 12.5. The number of nitrogens with two attached hydrogens (primary N) is 1. The van der Waals surface area contributed by atoms with Crippen LogP contribution in [0, 0.1) is 5.92 Å². The molecule has 1 unspecified atom stereocenters. The summed E-state index contributed by atoms with van der Waals surface area (Å²) in [6.45, 7) is 5.67. The summed E-state index contributed by atoms with van der Waals surface area (Å²) < 4.78 is 0. The third-order valence-corrected chi connectivity index (χ3v) is 5.21. The van der Waals surface area contributed by atoms with Crippen molar-refractivity contribution in [2.24, 2.45) is 11.7 Å². The average Bonchev–Trinajstić information content (AvgIpc) is 3.11. The van der Waals surface area contributed by atoms with Crippen molar-refractivity contribution in [1.82, 2.24) is 9.88 Å². The topological polar surface area (TPSA) is 42.1 Å². The van der Waals surface area contributed by atoms with E-state index in [1.807, 2.05) is 16.8 Å². The average molecular weight is 265 g/mol. The maximum absolute atomic E-state index is 5.99. The lowest BCUT2D eigenvalue weighted by Gasteiger charge is -2.33. The molecule has 1 aliphatic heterocycles. The highest BCUT2D eigenvalue weighted by molar-refractivity contribution is 7.09. The van der Waals surface area contributed by atoms with E-state index in [1.54, 1.807) is 0 Å². The van der Waals surface area contributed by atoms with Gasteiger partial charge in [0.25, 0.3) is 0 Å². The van der Waals surface area contributed by atoms with E-state index < -0.39 is 0 Å². The molecule has 0 aromatic carbocycles. The molecular formula is C14H23N3S. The number of likely N-dealkylation sites (tertiary alicyclic amines) is 1. The summed E-state index contributed by atoms with van der Waals surface area (Å²) in [6, 6.07) is 0.359. The zero-order valence-electron chi connectivity index (χ0n) is 11.1. The van der Waals surface area contributed by atoms with Crippen LogP contribution in [0.4, 0.5) is 0 Å². The molecule has 2 heterocycles. The van der Waals surface area contributed by atoms with Crippen molar-refractivity contribution >= 4 is 11.3 Å². The van der Waals surface area contributed by atoms with E-state index in [4.69, 9.17) is 5.73 Å². The fourth-order valence-corrected chi connectivity index (χ4v) is 3.82. The maximum Gasteiger partial charge on any atom is 0.0798 e. The van der Waals surface area contributed by atoms with E-state index >= 15 is 0 Å². The van der Waals surface area contributed by atoms with Gasteiger partial charge in [0, 0.05) is 23.4 Å². The molecule has 3 rings (SSSR count). The molecule has 1 atom stereocenters. The first-order valence-corrected chi connectivity index (χ1v) is 8.02. The van der Waals surface area contributed by atoms with Gasteiger partial charge < -0.3 is 5.73 Å². The molecule has 0 radical (unpaired) electrons. The molecule has 1 saturated carbocycles. The first kappa shape index (κ1) is 12.6. The summed E-state index contributed by atoms with van der Waals surface area (Å²) in [5.74, 6) is 1.51. The fraction of sp³-hybridized carbons (Fsp3) is 0.786. The molecule has 0 bridgehead atoms. The van der Waals surface area contributed by atoms with Crippen LogP contribution in [0.3, 0.4) is 0 Å². The molecule has 1 aliphatic carbocycles. The zero-order valence-corrected chi connectivity index (χ0v) is 12.0. The molecule has 18 heavy (non-hydrogen) atoms. The third-order valence-electron chi connectivity index (χ3n) is 4.38. The molecule has 2 fully saturated rings. The van der Waals surface area contributed by atoms with Crippen molar-refractivity contribution in [3.63, 3.8) is 0 Å². The summed E-state index contributed by atoms with van der Waals surface area (Å²) in [5.41, 5.74) is 9.42. The lowest BCUT2D eigenvalue weighted by atomic mass is 9.91. The summed E-state index contributed by atoms with van der Waals surface area (Å²) in [4.78, 5) is 8.65. The SMILES string of the molecule is CC(N)C1CCN(Cc2scnc2C2CC2)CC1. The number of hydrogen-bond donors (Lipinski definition) is 1. The van der Waals surface area contributed by atoms with E-state index in [0.29, 0.717) is 6.04 Å². The molecule has 2 aliphatic rings. The predicted molar refractivity (Wildman–Crippen MR) is 75.7 cm³/mol. The van der Waals surface area contributed by atoms with Gasteiger partial charge in [-0.25, -0.2) is 4.98 Å². The van der Waals surface area contributed by atoms with Crippen LogP contribution in [0.5, 0.6) is 0 Å². The predicted octanol–water partition coefficient (Wildman–Crippen LogP) is 2.58. The van der Waals surface area contributed by atoms with Crippen molar-refractivity contribution in [3.8, 4) is 0 Å². The third kappa shape index (κ3) is 2.76. The van der Waals surface area contributed by atoms with Crippen LogP contribution in [-0.4, -0.2) is 29.0 Å². The van der Waals surface area contributed by atoms with Gasteiger partial charge in [0.1, 0.15) is 0 Å². The monoisotopic (exact) mass is 265 g/mol. The number of rotatable bonds is 4. The summed E-state index contributed by atoms with van der Waals surface area (Å²) >= 11 is 1.84. The Kier molecular flexibility index (Phi) is 3.68. The van der Waals surface area contributed by atoms with E-state index in [2.05, 4.69) is 16.8 Å². The Morgan fingerprint density at radius 2 is 2.11 bits per heavy atom.